The lowest BCUT2D eigenvalue weighted by Gasteiger charge is -2.02. The molecular formula is C16H13Cl2FN4. The Bertz CT molecular complexity index is 882. The molecule has 0 saturated heterocycles. The highest BCUT2D eigenvalue weighted by Gasteiger charge is 2.15. The Morgan fingerprint density at radius 2 is 1.78 bits per heavy atom. The molecule has 3 rings (SSSR count). The molecule has 0 radical (unpaired) electrons. The Hall–Kier alpha value is -1.98. The Labute approximate surface area is 142 Å². The summed E-state index contributed by atoms with van der Waals surface area (Å²) in [5, 5.41) is 9.36. The van der Waals surface area contributed by atoms with E-state index in [1.54, 1.807) is 28.7 Å². The summed E-state index contributed by atoms with van der Waals surface area (Å²) in [4.78, 5) is 4.49. The molecule has 0 saturated carbocycles. The van der Waals surface area contributed by atoms with Gasteiger partial charge in [-0.1, -0.05) is 37.0 Å². The van der Waals surface area contributed by atoms with Gasteiger partial charge in [0.05, 0.1) is 11.4 Å². The van der Waals surface area contributed by atoms with Gasteiger partial charge in [0.25, 0.3) is 0 Å². The van der Waals surface area contributed by atoms with Crippen LogP contribution in [0, 0.1) is 5.82 Å². The third kappa shape index (κ3) is 3.35. The number of halogens is 3. The monoisotopic (exact) mass is 350 g/mol. The number of fused-ring (bicyclic) bond motifs is 1. The first-order valence-corrected chi connectivity index (χ1v) is 7.75. The van der Waals surface area contributed by atoms with Crippen molar-refractivity contribution in [2.45, 2.75) is 19.8 Å². The molecule has 23 heavy (non-hydrogen) atoms. The molecule has 118 valence electrons. The Morgan fingerprint density at radius 1 is 1.09 bits per heavy atom. The van der Waals surface area contributed by atoms with Gasteiger partial charge < -0.3 is 0 Å². The molecule has 0 aliphatic rings. The van der Waals surface area contributed by atoms with Gasteiger partial charge in [0.15, 0.2) is 5.82 Å². The molecule has 0 spiro atoms. The summed E-state index contributed by atoms with van der Waals surface area (Å²) in [5.41, 5.74) is 1.88. The molecule has 0 aliphatic heterocycles. The van der Waals surface area contributed by atoms with Crippen LogP contribution in [0.25, 0.3) is 5.65 Å². The van der Waals surface area contributed by atoms with Gasteiger partial charge in [-0.15, -0.1) is 10.2 Å². The average Bonchev–Trinajstić information content (AvgIpc) is 2.82. The van der Waals surface area contributed by atoms with E-state index in [0.29, 0.717) is 27.2 Å². The maximum atomic E-state index is 13.5. The number of nitrogens with zero attached hydrogens (tertiary/aromatic N) is 4. The van der Waals surface area contributed by atoms with Crippen LogP contribution in [-0.4, -0.2) is 9.38 Å². The van der Waals surface area contributed by atoms with Crippen molar-refractivity contribution in [2.24, 2.45) is 10.2 Å². The molecular weight excluding hydrogens is 338 g/mol. The third-order valence-corrected chi connectivity index (χ3v) is 3.67. The van der Waals surface area contributed by atoms with Gasteiger partial charge >= 0.3 is 0 Å². The number of aromatic nitrogens is 2. The number of rotatable bonds is 3. The average molecular weight is 351 g/mol. The predicted octanol–water partition coefficient (Wildman–Crippen LogP) is 6.32. The van der Waals surface area contributed by atoms with Crippen molar-refractivity contribution in [3.05, 3.63) is 58.1 Å². The maximum absolute atomic E-state index is 13.5. The molecule has 0 N–H and O–H groups in total. The van der Waals surface area contributed by atoms with Crippen molar-refractivity contribution in [3.63, 3.8) is 0 Å². The van der Waals surface area contributed by atoms with E-state index in [0.717, 1.165) is 5.69 Å². The maximum Gasteiger partial charge on any atom is 0.183 e. The van der Waals surface area contributed by atoms with Crippen LogP contribution >= 0.6 is 23.2 Å². The van der Waals surface area contributed by atoms with Crippen molar-refractivity contribution in [3.8, 4) is 0 Å². The molecule has 0 amide bonds. The van der Waals surface area contributed by atoms with Crippen LogP contribution in [0.1, 0.15) is 25.5 Å². The van der Waals surface area contributed by atoms with Crippen LogP contribution in [0.5, 0.6) is 0 Å². The molecule has 1 aromatic carbocycles. The summed E-state index contributed by atoms with van der Waals surface area (Å²) in [6.45, 7) is 3.99. The number of hydrogen-bond acceptors (Lipinski definition) is 3. The zero-order valence-corrected chi connectivity index (χ0v) is 14.0. The summed E-state index contributed by atoms with van der Waals surface area (Å²) >= 11 is 11.9. The predicted molar refractivity (Wildman–Crippen MR) is 89.9 cm³/mol. The van der Waals surface area contributed by atoms with Crippen molar-refractivity contribution < 1.29 is 4.39 Å². The molecule has 0 fully saturated rings. The first-order chi connectivity index (χ1) is 10.9. The smallest absolute Gasteiger partial charge is 0.183 e. The second kappa shape index (κ2) is 6.26. The van der Waals surface area contributed by atoms with Gasteiger partial charge in [0.1, 0.15) is 11.5 Å². The quantitative estimate of drug-likeness (QED) is 0.509. The lowest BCUT2D eigenvalue weighted by molar-refractivity contribution is 0.619. The van der Waals surface area contributed by atoms with Crippen molar-refractivity contribution >= 4 is 40.4 Å². The largest absolute Gasteiger partial charge is 0.280 e. The van der Waals surface area contributed by atoms with E-state index >= 15 is 0 Å². The zero-order valence-electron chi connectivity index (χ0n) is 12.5. The minimum atomic E-state index is -0.368. The van der Waals surface area contributed by atoms with E-state index in [2.05, 4.69) is 15.2 Å². The fourth-order valence-electron chi connectivity index (χ4n) is 2.21. The van der Waals surface area contributed by atoms with Crippen LogP contribution in [0.2, 0.25) is 10.0 Å². The fraction of sp³-hybridized carbons (Fsp3) is 0.188. The minimum Gasteiger partial charge on any atom is -0.280 e. The second-order valence-electron chi connectivity index (χ2n) is 5.38. The highest BCUT2D eigenvalue weighted by molar-refractivity contribution is 6.35. The van der Waals surface area contributed by atoms with Crippen LogP contribution in [0.3, 0.4) is 0 Å². The fourth-order valence-corrected chi connectivity index (χ4v) is 2.73. The van der Waals surface area contributed by atoms with E-state index in [1.807, 2.05) is 13.8 Å². The van der Waals surface area contributed by atoms with Crippen LogP contribution in [0.4, 0.5) is 15.9 Å². The zero-order chi connectivity index (χ0) is 16.6. The third-order valence-electron chi connectivity index (χ3n) is 3.24. The highest BCUT2D eigenvalue weighted by Crippen LogP contribution is 2.31. The summed E-state index contributed by atoms with van der Waals surface area (Å²) in [6, 6.07) is 7.89. The Balaban J connectivity index is 2.12. The van der Waals surface area contributed by atoms with E-state index < -0.39 is 0 Å². The van der Waals surface area contributed by atoms with Crippen LogP contribution in [-0.2, 0) is 0 Å². The van der Waals surface area contributed by atoms with Crippen LogP contribution < -0.4 is 0 Å². The van der Waals surface area contributed by atoms with E-state index in [9.17, 15) is 4.39 Å². The molecule has 0 unspecified atom stereocenters. The number of pyridine rings is 1. The summed E-state index contributed by atoms with van der Waals surface area (Å²) in [7, 11) is 0. The number of azo groups is 1. The van der Waals surface area contributed by atoms with Gasteiger partial charge in [-0.05, 0) is 36.2 Å². The van der Waals surface area contributed by atoms with Gasteiger partial charge in [-0.2, -0.15) is 0 Å². The molecule has 2 aromatic heterocycles. The van der Waals surface area contributed by atoms with Gasteiger partial charge in [-0.25, -0.2) is 9.37 Å². The SMILES string of the molecule is CC(C)c1nc2ccc(F)cn2c1N=Nc1cc(Cl)cc(Cl)c1. The lowest BCUT2D eigenvalue weighted by Crippen LogP contribution is -1.88. The molecule has 0 bridgehead atoms. The van der Waals surface area contributed by atoms with Gasteiger partial charge in [-0.3, -0.25) is 4.40 Å². The number of hydrogen-bond donors (Lipinski definition) is 0. The first-order valence-electron chi connectivity index (χ1n) is 6.99. The molecule has 2 heterocycles. The summed E-state index contributed by atoms with van der Waals surface area (Å²) < 4.78 is 15.1. The van der Waals surface area contributed by atoms with E-state index in [-0.39, 0.29) is 11.7 Å². The molecule has 7 heteroatoms. The molecule has 4 nitrogen and oxygen atoms in total. The van der Waals surface area contributed by atoms with Crippen molar-refractivity contribution in [2.75, 3.05) is 0 Å². The molecule has 3 aromatic rings. The Kier molecular flexibility index (Phi) is 4.33. The van der Waals surface area contributed by atoms with Gasteiger partial charge in [0.2, 0.25) is 0 Å². The number of benzene rings is 1. The lowest BCUT2D eigenvalue weighted by atomic mass is 10.1. The van der Waals surface area contributed by atoms with Crippen molar-refractivity contribution in [1.82, 2.24) is 9.38 Å². The minimum absolute atomic E-state index is 0.120. The molecule has 0 atom stereocenters. The highest BCUT2D eigenvalue weighted by atomic mass is 35.5. The normalized spacial score (nSPS) is 11.9. The Morgan fingerprint density at radius 3 is 2.43 bits per heavy atom. The summed E-state index contributed by atoms with van der Waals surface area (Å²) in [5.74, 6) is 0.243. The number of imidazole rings is 1. The van der Waals surface area contributed by atoms with Crippen LogP contribution in [0.15, 0.2) is 46.8 Å². The summed E-state index contributed by atoms with van der Waals surface area (Å²) in [6.07, 6.45) is 1.34. The topological polar surface area (TPSA) is 42.0 Å². The second-order valence-corrected chi connectivity index (χ2v) is 6.25. The standard InChI is InChI=1S/C16H13Cl2FN4/c1-9(2)15-16(23-8-12(19)3-4-14(23)20-15)22-21-13-6-10(17)5-11(18)7-13/h3-9H,1-2H3. The van der Waals surface area contributed by atoms with E-state index in [4.69, 9.17) is 23.2 Å². The van der Waals surface area contributed by atoms with E-state index in [1.165, 1.54) is 12.3 Å². The first kappa shape index (κ1) is 15.9. The van der Waals surface area contributed by atoms with Crippen molar-refractivity contribution in [1.29, 1.82) is 0 Å². The molecule has 0 aliphatic carbocycles. The van der Waals surface area contributed by atoms with Gasteiger partial charge in [0, 0.05) is 16.2 Å².